The average molecular weight is 270 g/mol. The first kappa shape index (κ1) is 12.8. The molecule has 0 spiro atoms. The van der Waals surface area contributed by atoms with Gasteiger partial charge in [-0.3, -0.25) is 4.79 Å². The molecule has 0 aromatic carbocycles. The second-order valence-corrected chi connectivity index (χ2v) is 7.02. The van der Waals surface area contributed by atoms with Crippen LogP contribution in [0.15, 0.2) is 0 Å². The molecule has 1 amide bonds. The molecule has 4 saturated carbocycles. The van der Waals surface area contributed by atoms with Gasteiger partial charge in [0.15, 0.2) is 0 Å². The molecule has 4 bridgehead atoms. The first-order chi connectivity index (χ1) is 8.78. The van der Waals surface area contributed by atoms with Crippen molar-refractivity contribution in [3.63, 3.8) is 0 Å². The molecule has 0 aromatic rings. The Kier molecular flexibility index (Phi) is 3.83. The molecule has 3 heteroatoms. The molecular formula is C15H24ClNO. The SMILES string of the molecule is O=C(NCCCCCl)C1C2CC3CC(C2)CC1C3. The smallest absolute Gasteiger partial charge is 0.223 e. The van der Waals surface area contributed by atoms with Crippen LogP contribution in [-0.2, 0) is 4.79 Å². The minimum atomic E-state index is 0.341. The second kappa shape index (κ2) is 5.40. The van der Waals surface area contributed by atoms with Crippen molar-refractivity contribution in [2.75, 3.05) is 12.4 Å². The van der Waals surface area contributed by atoms with E-state index in [9.17, 15) is 4.79 Å². The fourth-order valence-corrected chi connectivity index (χ4v) is 5.09. The number of nitrogens with one attached hydrogen (secondary N) is 1. The standard InChI is InChI=1S/C15H24ClNO/c16-3-1-2-4-17-15(18)14-12-6-10-5-11(8-12)9-13(14)7-10/h10-14H,1-9H2,(H,17,18). The molecule has 102 valence electrons. The Morgan fingerprint density at radius 2 is 1.61 bits per heavy atom. The van der Waals surface area contributed by atoms with Crippen molar-refractivity contribution in [1.82, 2.24) is 5.32 Å². The van der Waals surface area contributed by atoms with E-state index in [1.54, 1.807) is 0 Å². The van der Waals surface area contributed by atoms with Crippen LogP contribution in [-0.4, -0.2) is 18.3 Å². The third kappa shape index (κ3) is 2.41. The number of hydrogen-bond donors (Lipinski definition) is 1. The van der Waals surface area contributed by atoms with E-state index in [1.165, 1.54) is 32.1 Å². The van der Waals surface area contributed by atoms with Crippen molar-refractivity contribution in [3.05, 3.63) is 0 Å². The zero-order chi connectivity index (χ0) is 12.5. The lowest BCUT2D eigenvalue weighted by molar-refractivity contribution is -0.138. The van der Waals surface area contributed by atoms with E-state index in [4.69, 9.17) is 11.6 Å². The van der Waals surface area contributed by atoms with Gasteiger partial charge >= 0.3 is 0 Å². The van der Waals surface area contributed by atoms with Gasteiger partial charge in [0, 0.05) is 18.3 Å². The maximum Gasteiger partial charge on any atom is 0.223 e. The van der Waals surface area contributed by atoms with Crippen LogP contribution >= 0.6 is 11.6 Å². The van der Waals surface area contributed by atoms with Crippen molar-refractivity contribution in [3.8, 4) is 0 Å². The van der Waals surface area contributed by atoms with Gasteiger partial charge in [0.2, 0.25) is 5.91 Å². The summed E-state index contributed by atoms with van der Waals surface area (Å²) in [6, 6.07) is 0. The number of rotatable bonds is 5. The van der Waals surface area contributed by atoms with Crippen LogP contribution in [0.3, 0.4) is 0 Å². The van der Waals surface area contributed by atoms with Gasteiger partial charge in [0.05, 0.1) is 0 Å². The first-order valence-electron chi connectivity index (χ1n) is 7.61. The van der Waals surface area contributed by atoms with E-state index in [0.29, 0.717) is 29.5 Å². The summed E-state index contributed by atoms with van der Waals surface area (Å²) >= 11 is 5.65. The molecule has 18 heavy (non-hydrogen) atoms. The maximum absolute atomic E-state index is 12.4. The second-order valence-electron chi connectivity index (χ2n) is 6.64. The van der Waals surface area contributed by atoms with Gasteiger partial charge in [-0.25, -0.2) is 0 Å². The molecule has 0 unspecified atom stereocenters. The predicted octanol–water partition coefficient (Wildman–Crippen LogP) is 3.19. The van der Waals surface area contributed by atoms with Crippen LogP contribution in [0, 0.1) is 29.6 Å². The fourth-order valence-electron chi connectivity index (χ4n) is 4.90. The lowest BCUT2D eigenvalue weighted by Crippen LogP contribution is -2.51. The molecule has 0 heterocycles. The molecule has 0 atom stereocenters. The summed E-state index contributed by atoms with van der Waals surface area (Å²) in [5.74, 6) is 4.70. The highest BCUT2D eigenvalue weighted by Gasteiger charge is 2.50. The summed E-state index contributed by atoms with van der Waals surface area (Å²) in [7, 11) is 0. The average Bonchev–Trinajstić information content (AvgIpc) is 2.33. The van der Waals surface area contributed by atoms with Gasteiger partial charge in [-0.15, -0.1) is 11.6 Å². The zero-order valence-electron chi connectivity index (χ0n) is 11.0. The Labute approximate surface area is 115 Å². The Bertz CT molecular complexity index is 290. The van der Waals surface area contributed by atoms with Gasteiger partial charge in [0.25, 0.3) is 0 Å². The Morgan fingerprint density at radius 3 is 2.17 bits per heavy atom. The topological polar surface area (TPSA) is 29.1 Å². The maximum atomic E-state index is 12.4. The number of carbonyl (C=O) groups is 1. The first-order valence-corrected chi connectivity index (χ1v) is 8.15. The van der Waals surface area contributed by atoms with E-state index in [1.807, 2.05) is 0 Å². The van der Waals surface area contributed by atoms with Crippen molar-refractivity contribution in [2.45, 2.75) is 44.9 Å². The van der Waals surface area contributed by atoms with Crippen LogP contribution in [0.4, 0.5) is 0 Å². The number of unbranched alkanes of at least 4 members (excludes halogenated alkanes) is 1. The Hall–Kier alpha value is -0.240. The predicted molar refractivity (Wildman–Crippen MR) is 73.5 cm³/mol. The summed E-state index contributed by atoms with van der Waals surface area (Å²) in [4.78, 5) is 12.4. The third-order valence-corrected chi connectivity index (χ3v) is 5.66. The van der Waals surface area contributed by atoms with E-state index in [2.05, 4.69) is 5.32 Å². The quantitative estimate of drug-likeness (QED) is 0.603. The van der Waals surface area contributed by atoms with Gasteiger partial charge in [-0.1, -0.05) is 0 Å². The summed E-state index contributed by atoms with van der Waals surface area (Å²) < 4.78 is 0. The van der Waals surface area contributed by atoms with Crippen LogP contribution in [0.1, 0.15) is 44.9 Å². The number of alkyl halides is 1. The lowest BCUT2D eigenvalue weighted by Gasteiger charge is -2.53. The van der Waals surface area contributed by atoms with Crippen molar-refractivity contribution in [2.24, 2.45) is 29.6 Å². The normalized spacial score (nSPS) is 41.1. The molecule has 0 radical (unpaired) electrons. The largest absolute Gasteiger partial charge is 0.356 e. The highest BCUT2D eigenvalue weighted by atomic mass is 35.5. The lowest BCUT2D eigenvalue weighted by atomic mass is 9.51. The van der Waals surface area contributed by atoms with E-state index >= 15 is 0 Å². The van der Waals surface area contributed by atoms with E-state index < -0.39 is 0 Å². The number of carbonyl (C=O) groups excluding carboxylic acids is 1. The van der Waals surface area contributed by atoms with Crippen molar-refractivity contribution >= 4 is 17.5 Å². The minimum Gasteiger partial charge on any atom is -0.356 e. The van der Waals surface area contributed by atoms with Crippen LogP contribution in [0.2, 0.25) is 0 Å². The molecule has 2 nitrogen and oxygen atoms in total. The molecule has 0 saturated heterocycles. The molecule has 4 aliphatic rings. The third-order valence-electron chi connectivity index (χ3n) is 5.39. The zero-order valence-corrected chi connectivity index (χ0v) is 11.8. The molecule has 0 aromatic heterocycles. The Morgan fingerprint density at radius 1 is 1.00 bits per heavy atom. The van der Waals surface area contributed by atoms with Crippen molar-refractivity contribution in [1.29, 1.82) is 0 Å². The van der Waals surface area contributed by atoms with E-state index in [-0.39, 0.29) is 0 Å². The van der Waals surface area contributed by atoms with Crippen LogP contribution in [0.5, 0.6) is 0 Å². The van der Waals surface area contributed by atoms with Crippen LogP contribution < -0.4 is 5.32 Å². The number of amides is 1. The highest BCUT2D eigenvalue weighted by Crippen LogP contribution is 2.56. The van der Waals surface area contributed by atoms with Gasteiger partial charge in [-0.2, -0.15) is 0 Å². The van der Waals surface area contributed by atoms with Crippen LogP contribution in [0.25, 0.3) is 0 Å². The summed E-state index contributed by atoms with van der Waals surface area (Å²) in [6.07, 6.45) is 8.78. The molecule has 1 N–H and O–H groups in total. The van der Waals surface area contributed by atoms with E-state index in [0.717, 1.165) is 31.2 Å². The monoisotopic (exact) mass is 269 g/mol. The van der Waals surface area contributed by atoms with Gasteiger partial charge in [0.1, 0.15) is 0 Å². The summed E-state index contributed by atoms with van der Waals surface area (Å²) in [5, 5.41) is 3.15. The molecule has 4 fully saturated rings. The van der Waals surface area contributed by atoms with Gasteiger partial charge < -0.3 is 5.32 Å². The number of halogens is 1. The minimum absolute atomic E-state index is 0.341. The molecule has 4 aliphatic carbocycles. The summed E-state index contributed by atoms with van der Waals surface area (Å²) in [6.45, 7) is 0.814. The number of hydrogen-bond acceptors (Lipinski definition) is 1. The summed E-state index contributed by atoms with van der Waals surface area (Å²) in [5.41, 5.74) is 0. The van der Waals surface area contributed by atoms with Gasteiger partial charge in [-0.05, 0) is 68.6 Å². The highest BCUT2D eigenvalue weighted by molar-refractivity contribution is 6.17. The molecule has 0 aliphatic heterocycles. The Balaban J connectivity index is 1.54. The fraction of sp³-hybridized carbons (Fsp3) is 0.933. The van der Waals surface area contributed by atoms with Crippen molar-refractivity contribution < 1.29 is 4.79 Å². The molecular weight excluding hydrogens is 246 g/mol. The molecule has 4 rings (SSSR count).